The molecule has 0 aliphatic carbocycles. The van der Waals surface area contributed by atoms with Gasteiger partial charge in [0.2, 0.25) is 0 Å². The van der Waals surface area contributed by atoms with E-state index in [1.807, 2.05) is 12.1 Å². The first-order valence-electron chi connectivity index (χ1n) is 6.24. The minimum atomic E-state index is -0.118. The lowest BCUT2D eigenvalue weighted by Gasteiger charge is -2.06. The van der Waals surface area contributed by atoms with Gasteiger partial charge in [-0.1, -0.05) is 34.8 Å². The second-order valence-corrected chi connectivity index (χ2v) is 5.25. The van der Waals surface area contributed by atoms with E-state index in [9.17, 15) is 4.79 Å². The Balaban J connectivity index is 2.16. The number of halogens is 1. The van der Waals surface area contributed by atoms with Crippen LogP contribution in [0.3, 0.4) is 0 Å². The van der Waals surface area contributed by atoms with Crippen LogP contribution in [0.4, 0.5) is 5.69 Å². The molecule has 1 rings (SSSR count). The lowest BCUT2D eigenvalue weighted by atomic mass is 10.0. The molecule has 0 fully saturated rings. The van der Waals surface area contributed by atoms with Crippen molar-refractivity contribution in [2.45, 2.75) is 38.5 Å². The molecule has 0 aliphatic rings. The number of nitrogens with two attached hydrogens (primary N) is 1. The Kier molecular flexibility index (Phi) is 6.80. The molecule has 0 heterocycles. The molecule has 4 heteroatoms. The van der Waals surface area contributed by atoms with Gasteiger partial charge >= 0.3 is 5.97 Å². The van der Waals surface area contributed by atoms with Gasteiger partial charge in [-0.15, -0.1) is 0 Å². The third kappa shape index (κ3) is 5.54. The molecule has 100 valence electrons. The molecule has 3 nitrogen and oxygen atoms in total. The van der Waals surface area contributed by atoms with Crippen LogP contribution >= 0.6 is 15.9 Å². The van der Waals surface area contributed by atoms with Crippen LogP contribution < -0.4 is 5.73 Å². The van der Waals surface area contributed by atoms with E-state index in [1.165, 1.54) is 12.7 Å². The second-order valence-electron chi connectivity index (χ2n) is 4.33. The van der Waals surface area contributed by atoms with Gasteiger partial charge in [-0.2, -0.15) is 0 Å². The third-order valence-electron chi connectivity index (χ3n) is 2.91. The monoisotopic (exact) mass is 313 g/mol. The average Bonchev–Trinajstić information content (AvgIpc) is 2.35. The number of hydrogen-bond donors (Lipinski definition) is 1. The summed E-state index contributed by atoms with van der Waals surface area (Å²) in [4.78, 5) is 10.9. The molecule has 0 radical (unpaired) electrons. The number of benzene rings is 1. The Morgan fingerprint density at radius 3 is 2.67 bits per heavy atom. The summed E-state index contributed by atoms with van der Waals surface area (Å²) < 4.78 is 5.61. The van der Waals surface area contributed by atoms with Crippen LogP contribution in [0.15, 0.2) is 22.7 Å². The van der Waals surface area contributed by atoms with E-state index >= 15 is 0 Å². The van der Waals surface area contributed by atoms with Crippen LogP contribution in [-0.2, 0) is 16.0 Å². The third-order valence-corrected chi connectivity index (χ3v) is 3.41. The first-order valence-corrected chi connectivity index (χ1v) is 7.03. The zero-order chi connectivity index (χ0) is 13.4. The number of nitrogen functional groups attached to an aromatic ring is 1. The molecule has 0 amide bonds. The highest BCUT2D eigenvalue weighted by Crippen LogP contribution is 2.20. The Hall–Kier alpha value is -1.03. The fourth-order valence-electron chi connectivity index (χ4n) is 1.83. The molecule has 0 bridgehead atoms. The zero-order valence-electron chi connectivity index (χ0n) is 10.7. The van der Waals surface area contributed by atoms with Crippen LogP contribution in [0.2, 0.25) is 0 Å². The van der Waals surface area contributed by atoms with Crippen LogP contribution in [0.25, 0.3) is 0 Å². The smallest absolute Gasteiger partial charge is 0.305 e. The van der Waals surface area contributed by atoms with Crippen molar-refractivity contribution in [3.8, 4) is 0 Å². The number of unbranched alkanes of at least 4 members (excludes halogenated alkanes) is 3. The summed E-state index contributed by atoms with van der Waals surface area (Å²) >= 11 is 3.40. The van der Waals surface area contributed by atoms with E-state index in [-0.39, 0.29) is 5.97 Å². The van der Waals surface area contributed by atoms with Gasteiger partial charge in [0.25, 0.3) is 0 Å². The van der Waals surface area contributed by atoms with E-state index in [1.54, 1.807) is 0 Å². The number of anilines is 1. The van der Waals surface area contributed by atoms with E-state index in [0.29, 0.717) is 6.42 Å². The number of rotatable bonds is 7. The summed E-state index contributed by atoms with van der Waals surface area (Å²) in [5.74, 6) is -0.118. The topological polar surface area (TPSA) is 52.3 Å². The Morgan fingerprint density at radius 1 is 1.28 bits per heavy atom. The van der Waals surface area contributed by atoms with Crippen molar-refractivity contribution in [2.24, 2.45) is 0 Å². The van der Waals surface area contributed by atoms with Crippen molar-refractivity contribution in [1.29, 1.82) is 0 Å². The van der Waals surface area contributed by atoms with E-state index in [4.69, 9.17) is 5.73 Å². The molecule has 1 aromatic rings. The summed E-state index contributed by atoms with van der Waals surface area (Å²) in [5.41, 5.74) is 7.98. The van der Waals surface area contributed by atoms with Gasteiger partial charge in [0.05, 0.1) is 7.11 Å². The fourth-order valence-corrected chi connectivity index (χ4v) is 2.21. The molecule has 1 aromatic carbocycles. The van der Waals surface area contributed by atoms with E-state index in [0.717, 1.165) is 42.3 Å². The molecule has 18 heavy (non-hydrogen) atoms. The van der Waals surface area contributed by atoms with Crippen molar-refractivity contribution in [1.82, 2.24) is 0 Å². The highest BCUT2D eigenvalue weighted by molar-refractivity contribution is 9.10. The lowest BCUT2D eigenvalue weighted by molar-refractivity contribution is -0.140. The SMILES string of the molecule is COC(=O)CCCCCCc1ccc(Br)cc1N. The average molecular weight is 314 g/mol. The molecule has 0 aliphatic heterocycles. The van der Waals surface area contributed by atoms with Crippen molar-refractivity contribution in [2.75, 3.05) is 12.8 Å². The molecule has 2 N–H and O–H groups in total. The minimum Gasteiger partial charge on any atom is -0.469 e. The predicted molar refractivity (Wildman–Crippen MR) is 77.4 cm³/mol. The molecular formula is C14H20BrNO2. The maximum absolute atomic E-state index is 10.9. The van der Waals surface area contributed by atoms with Crippen molar-refractivity contribution in [3.63, 3.8) is 0 Å². The maximum Gasteiger partial charge on any atom is 0.305 e. The fraction of sp³-hybridized carbons (Fsp3) is 0.500. The highest BCUT2D eigenvalue weighted by Gasteiger charge is 2.01. The molecule has 0 spiro atoms. The normalized spacial score (nSPS) is 10.3. The van der Waals surface area contributed by atoms with Crippen molar-refractivity contribution in [3.05, 3.63) is 28.2 Å². The van der Waals surface area contributed by atoms with Crippen LogP contribution in [0, 0.1) is 0 Å². The maximum atomic E-state index is 10.9. The van der Waals surface area contributed by atoms with Gasteiger partial charge in [0, 0.05) is 16.6 Å². The Labute approximate surface area is 117 Å². The van der Waals surface area contributed by atoms with Gasteiger partial charge < -0.3 is 10.5 Å². The number of aryl methyl sites for hydroxylation is 1. The summed E-state index contributed by atoms with van der Waals surface area (Å²) in [6.07, 6.45) is 5.71. The second kappa shape index (κ2) is 8.14. The summed E-state index contributed by atoms with van der Waals surface area (Å²) in [6.45, 7) is 0. The highest BCUT2D eigenvalue weighted by atomic mass is 79.9. The van der Waals surface area contributed by atoms with Gasteiger partial charge in [0.15, 0.2) is 0 Å². The molecule has 0 saturated carbocycles. The number of carbonyl (C=O) groups is 1. The van der Waals surface area contributed by atoms with Gasteiger partial charge in [-0.3, -0.25) is 4.79 Å². The van der Waals surface area contributed by atoms with Crippen LogP contribution in [0.5, 0.6) is 0 Å². The van der Waals surface area contributed by atoms with Crippen molar-refractivity contribution < 1.29 is 9.53 Å². The largest absolute Gasteiger partial charge is 0.469 e. The van der Waals surface area contributed by atoms with E-state index in [2.05, 4.69) is 26.7 Å². The van der Waals surface area contributed by atoms with Crippen LogP contribution in [-0.4, -0.2) is 13.1 Å². The van der Waals surface area contributed by atoms with Gasteiger partial charge in [-0.05, 0) is 37.0 Å². The summed E-state index contributed by atoms with van der Waals surface area (Å²) in [6, 6.07) is 6.02. The Morgan fingerprint density at radius 2 is 2.00 bits per heavy atom. The minimum absolute atomic E-state index is 0.118. The van der Waals surface area contributed by atoms with Crippen LogP contribution in [0.1, 0.15) is 37.7 Å². The lowest BCUT2D eigenvalue weighted by Crippen LogP contribution is -1.99. The molecule has 0 aromatic heterocycles. The summed E-state index contributed by atoms with van der Waals surface area (Å²) in [7, 11) is 1.43. The predicted octanol–water partition coefficient (Wildman–Crippen LogP) is 3.70. The number of methoxy groups -OCH3 is 1. The number of carbonyl (C=O) groups excluding carboxylic acids is 1. The molecule has 0 atom stereocenters. The quantitative estimate of drug-likeness (QED) is 0.474. The molecule has 0 saturated heterocycles. The zero-order valence-corrected chi connectivity index (χ0v) is 12.3. The molecule has 0 unspecified atom stereocenters. The van der Waals surface area contributed by atoms with Crippen molar-refractivity contribution >= 4 is 27.6 Å². The van der Waals surface area contributed by atoms with Gasteiger partial charge in [-0.25, -0.2) is 0 Å². The number of esters is 1. The van der Waals surface area contributed by atoms with E-state index < -0.39 is 0 Å². The first-order chi connectivity index (χ1) is 8.63. The van der Waals surface area contributed by atoms with Gasteiger partial charge in [0.1, 0.15) is 0 Å². The first kappa shape index (κ1) is 15.0. The standard InChI is InChI=1S/C14H20BrNO2/c1-18-14(17)7-5-3-2-4-6-11-8-9-12(15)10-13(11)16/h8-10H,2-7,16H2,1H3. The summed E-state index contributed by atoms with van der Waals surface area (Å²) in [5, 5.41) is 0. The number of ether oxygens (including phenoxy) is 1. The molecular weight excluding hydrogens is 294 g/mol. The Bertz CT molecular complexity index is 393. The number of hydrogen-bond acceptors (Lipinski definition) is 3.